The van der Waals surface area contributed by atoms with Crippen LogP contribution in [-0.4, -0.2) is 11.6 Å². The van der Waals surface area contributed by atoms with Crippen LogP contribution in [0.4, 0.5) is 0 Å². The zero-order valence-electron chi connectivity index (χ0n) is 9.57. The summed E-state index contributed by atoms with van der Waals surface area (Å²) in [5.41, 5.74) is 1.30. The van der Waals surface area contributed by atoms with E-state index in [1.165, 1.54) is 24.8 Å². The standard InChI is InChI=1S/C13H19NO/c1-10(2)12-5-7-14-13(9-12)15-8-6-11-3-4-11/h5,7,9-11H,3-4,6,8H2,1-2H3. The molecule has 1 aliphatic carbocycles. The molecule has 0 unspecified atom stereocenters. The van der Waals surface area contributed by atoms with Crippen molar-refractivity contribution in [2.45, 2.75) is 39.0 Å². The van der Waals surface area contributed by atoms with Crippen molar-refractivity contribution in [3.63, 3.8) is 0 Å². The van der Waals surface area contributed by atoms with Crippen LogP contribution < -0.4 is 4.74 Å². The Bertz CT molecular complexity index is 318. The van der Waals surface area contributed by atoms with E-state index in [9.17, 15) is 0 Å². The van der Waals surface area contributed by atoms with Crippen LogP contribution >= 0.6 is 0 Å². The predicted molar refractivity (Wildman–Crippen MR) is 61.2 cm³/mol. The molecule has 0 spiro atoms. The molecule has 0 N–H and O–H groups in total. The van der Waals surface area contributed by atoms with Crippen LogP contribution in [0.1, 0.15) is 44.6 Å². The molecule has 1 saturated carbocycles. The Balaban J connectivity index is 1.86. The van der Waals surface area contributed by atoms with Crippen LogP contribution in [0.5, 0.6) is 5.88 Å². The Morgan fingerprint density at radius 3 is 2.93 bits per heavy atom. The molecule has 0 atom stereocenters. The van der Waals surface area contributed by atoms with Gasteiger partial charge in [0.05, 0.1) is 6.61 Å². The zero-order chi connectivity index (χ0) is 10.7. The SMILES string of the molecule is CC(C)c1ccnc(OCCC2CC2)c1. The largest absolute Gasteiger partial charge is 0.478 e. The Morgan fingerprint density at radius 2 is 2.27 bits per heavy atom. The second-order valence-electron chi connectivity index (χ2n) is 4.66. The molecule has 0 aromatic carbocycles. The van der Waals surface area contributed by atoms with Gasteiger partial charge in [-0.05, 0) is 29.9 Å². The second kappa shape index (κ2) is 4.65. The monoisotopic (exact) mass is 205 g/mol. The van der Waals surface area contributed by atoms with E-state index in [0.717, 1.165) is 18.4 Å². The molecular weight excluding hydrogens is 186 g/mol. The van der Waals surface area contributed by atoms with Crippen LogP contribution in [0.2, 0.25) is 0 Å². The van der Waals surface area contributed by atoms with Crippen molar-refractivity contribution in [1.82, 2.24) is 4.98 Å². The lowest BCUT2D eigenvalue weighted by Gasteiger charge is -2.08. The Labute approximate surface area is 91.7 Å². The highest BCUT2D eigenvalue weighted by molar-refractivity contribution is 5.22. The molecule has 1 fully saturated rings. The normalized spacial score (nSPS) is 15.7. The van der Waals surface area contributed by atoms with E-state index in [2.05, 4.69) is 31.0 Å². The highest BCUT2D eigenvalue weighted by Gasteiger charge is 2.20. The number of hydrogen-bond donors (Lipinski definition) is 0. The second-order valence-corrected chi connectivity index (χ2v) is 4.66. The van der Waals surface area contributed by atoms with Gasteiger partial charge in [0.25, 0.3) is 0 Å². The van der Waals surface area contributed by atoms with Gasteiger partial charge in [0.15, 0.2) is 0 Å². The lowest BCUT2D eigenvalue weighted by atomic mass is 10.1. The number of nitrogens with zero attached hydrogens (tertiary/aromatic N) is 1. The molecule has 1 aliphatic rings. The summed E-state index contributed by atoms with van der Waals surface area (Å²) < 4.78 is 5.64. The lowest BCUT2D eigenvalue weighted by Crippen LogP contribution is -2.00. The summed E-state index contributed by atoms with van der Waals surface area (Å²) in [6, 6.07) is 4.11. The average Bonchev–Trinajstić information content (AvgIpc) is 3.02. The van der Waals surface area contributed by atoms with Crippen LogP contribution in [0.25, 0.3) is 0 Å². The molecule has 1 aromatic rings. The summed E-state index contributed by atoms with van der Waals surface area (Å²) in [6.45, 7) is 5.19. The number of aromatic nitrogens is 1. The summed E-state index contributed by atoms with van der Waals surface area (Å²) in [4.78, 5) is 4.22. The molecule has 1 heterocycles. The summed E-state index contributed by atoms with van der Waals surface area (Å²) in [5, 5.41) is 0. The third-order valence-corrected chi connectivity index (χ3v) is 2.90. The minimum absolute atomic E-state index is 0.541. The van der Waals surface area contributed by atoms with Gasteiger partial charge in [-0.15, -0.1) is 0 Å². The smallest absolute Gasteiger partial charge is 0.213 e. The van der Waals surface area contributed by atoms with Gasteiger partial charge in [0, 0.05) is 12.3 Å². The van der Waals surface area contributed by atoms with Gasteiger partial charge < -0.3 is 4.74 Å². The van der Waals surface area contributed by atoms with Gasteiger partial charge in [0.1, 0.15) is 0 Å². The lowest BCUT2D eigenvalue weighted by molar-refractivity contribution is 0.291. The summed E-state index contributed by atoms with van der Waals surface area (Å²) >= 11 is 0. The first-order valence-electron chi connectivity index (χ1n) is 5.84. The van der Waals surface area contributed by atoms with Crippen molar-refractivity contribution < 1.29 is 4.74 Å². The molecule has 0 radical (unpaired) electrons. The first-order chi connectivity index (χ1) is 7.25. The van der Waals surface area contributed by atoms with Crippen LogP contribution in [0.15, 0.2) is 18.3 Å². The van der Waals surface area contributed by atoms with E-state index in [4.69, 9.17) is 4.74 Å². The maximum atomic E-state index is 5.64. The fourth-order valence-corrected chi connectivity index (χ4v) is 1.60. The molecule has 2 rings (SSSR count). The molecule has 2 nitrogen and oxygen atoms in total. The maximum Gasteiger partial charge on any atom is 0.213 e. The highest BCUT2D eigenvalue weighted by Crippen LogP contribution is 2.32. The molecule has 0 bridgehead atoms. The van der Waals surface area contributed by atoms with Crippen molar-refractivity contribution in [3.05, 3.63) is 23.9 Å². The molecular formula is C13H19NO. The van der Waals surface area contributed by atoms with Crippen LogP contribution in [-0.2, 0) is 0 Å². The van der Waals surface area contributed by atoms with Crippen molar-refractivity contribution in [3.8, 4) is 5.88 Å². The number of rotatable bonds is 5. The number of ether oxygens (including phenoxy) is 1. The van der Waals surface area contributed by atoms with Gasteiger partial charge in [-0.3, -0.25) is 0 Å². The number of hydrogen-bond acceptors (Lipinski definition) is 2. The van der Waals surface area contributed by atoms with E-state index >= 15 is 0 Å². The fraction of sp³-hybridized carbons (Fsp3) is 0.615. The van der Waals surface area contributed by atoms with Crippen molar-refractivity contribution in [1.29, 1.82) is 0 Å². The first-order valence-corrected chi connectivity index (χ1v) is 5.84. The minimum atomic E-state index is 0.541. The minimum Gasteiger partial charge on any atom is -0.478 e. The average molecular weight is 205 g/mol. The van der Waals surface area contributed by atoms with Crippen LogP contribution in [0.3, 0.4) is 0 Å². The third kappa shape index (κ3) is 3.22. The summed E-state index contributed by atoms with van der Waals surface area (Å²) in [5.74, 6) is 2.25. The van der Waals surface area contributed by atoms with Gasteiger partial charge in [-0.25, -0.2) is 4.98 Å². The predicted octanol–water partition coefficient (Wildman–Crippen LogP) is 3.38. The Kier molecular flexibility index (Phi) is 3.24. The molecule has 2 heteroatoms. The Morgan fingerprint density at radius 1 is 1.47 bits per heavy atom. The zero-order valence-corrected chi connectivity index (χ0v) is 9.57. The van der Waals surface area contributed by atoms with Crippen molar-refractivity contribution >= 4 is 0 Å². The van der Waals surface area contributed by atoms with E-state index < -0.39 is 0 Å². The van der Waals surface area contributed by atoms with E-state index in [1.54, 1.807) is 0 Å². The number of pyridine rings is 1. The molecule has 15 heavy (non-hydrogen) atoms. The van der Waals surface area contributed by atoms with Crippen molar-refractivity contribution in [2.24, 2.45) is 5.92 Å². The molecule has 0 aliphatic heterocycles. The topological polar surface area (TPSA) is 22.1 Å². The first kappa shape index (κ1) is 10.5. The van der Waals surface area contributed by atoms with Gasteiger partial charge in [0.2, 0.25) is 5.88 Å². The third-order valence-electron chi connectivity index (χ3n) is 2.90. The van der Waals surface area contributed by atoms with Crippen LogP contribution in [0, 0.1) is 5.92 Å². The quantitative estimate of drug-likeness (QED) is 0.735. The van der Waals surface area contributed by atoms with Gasteiger partial charge >= 0.3 is 0 Å². The molecule has 1 aromatic heterocycles. The van der Waals surface area contributed by atoms with E-state index in [1.807, 2.05) is 6.20 Å². The van der Waals surface area contributed by atoms with E-state index in [-0.39, 0.29) is 0 Å². The summed E-state index contributed by atoms with van der Waals surface area (Å²) in [7, 11) is 0. The maximum absolute atomic E-state index is 5.64. The molecule has 0 amide bonds. The fourth-order valence-electron chi connectivity index (χ4n) is 1.60. The van der Waals surface area contributed by atoms with Gasteiger partial charge in [-0.1, -0.05) is 26.7 Å². The Hall–Kier alpha value is -1.05. The highest BCUT2D eigenvalue weighted by atomic mass is 16.5. The van der Waals surface area contributed by atoms with Gasteiger partial charge in [-0.2, -0.15) is 0 Å². The van der Waals surface area contributed by atoms with Crippen molar-refractivity contribution in [2.75, 3.05) is 6.61 Å². The molecule has 82 valence electrons. The van der Waals surface area contributed by atoms with E-state index in [0.29, 0.717) is 5.92 Å². The molecule has 0 saturated heterocycles. The summed E-state index contributed by atoms with van der Waals surface area (Å²) in [6.07, 6.45) is 5.81.